The molecule has 0 aromatic carbocycles. The largest absolute Gasteiger partial charge is 0.356 e. The van der Waals surface area contributed by atoms with Crippen molar-refractivity contribution in [2.75, 3.05) is 19.6 Å². The Balaban J connectivity index is 1.77. The molecule has 0 atom stereocenters. The minimum atomic E-state index is -3.62. The summed E-state index contributed by atoms with van der Waals surface area (Å²) in [6.45, 7) is 8.84. The molecule has 2 aromatic rings. The number of carbonyl (C=O) groups excluding carboxylic acids is 1. The van der Waals surface area contributed by atoms with Gasteiger partial charge in [-0.15, -0.1) is 11.3 Å². The van der Waals surface area contributed by atoms with Crippen molar-refractivity contribution in [3.8, 4) is 10.7 Å². The van der Waals surface area contributed by atoms with E-state index in [1.165, 1.54) is 15.6 Å². The first-order chi connectivity index (χ1) is 13.2. The van der Waals surface area contributed by atoms with E-state index in [-0.39, 0.29) is 22.6 Å². The van der Waals surface area contributed by atoms with Crippen LogP contribution in [0.3, 0.4) is 0 Å². The first-order valence-electron chi connectivity index (χ1n) is 9.46. The van der Waals surface area contributed by atoms with Gasteiger partial charge in [-0.3, -0.25) is 4.79 Å². The first-order valence-corrected chi connectivity index (χ1v) is 11.7. The maximum atomic E-state index is 13.1. The third kappa shape index (κ3) is 4.13. The van der Waals surface area contributed by atoms with Crippen LogP contribution in [0.5, 0.6) is 0 Å². The molecule has 1 saturated heterocycles. The zero-order chi connectivity index (χ0) is 20.5. The van der Waals surface area contributed by atoms with Gasteiger partial charge in [-0.1, -0.05) is 19.0 Å². The second-order valence-electron chi connectivity index (χ2n) is 7.21. The monoisotopic (exact) mass is 426 g/mol. The summed E-state index contributed by atoms with van der Waals surface area (Å²) in [6, 6.07) is 1.63. The average molecular weight is 427 g/mol. The molecule has 3 heterocycles. The van der Waals surface area contributed by atoms with Gasteiger partial charge in [0, 0.05) is 36.3 Å². The maximum Gasteiger partial charge on any atom is 0.244 e. The number of hydrogen-bond acceptors (Lipinski definition) is 7. The number of hydrogen-bond donors (Lipinski definition) is 1. The molecule has 0 saturated carbocycles. The fraction of sp³-hybridized carbons (Fsp3) is 0.611. The summed E-state index contributed by atoms with van der Waals surface area (Å²) in [5.74, 6) is 0.925. The van der Waals surface area contributed by atoms with Gasteiger partial charge < -0.3 is 9.84 Å². The molecule has 154 valence electrons. The lowest BCUT2D eigenvalue weighted by Gasteiger charge is -2.30. The number of aryl methyl sites for hydroxylation is 1. The third-order valence-electron chi connectivity index (χ3n) is 4.82. The molecule has 1 N–H and O–H groups in total. The molecule has 8 nitrogen and oxygen atoms in total. The van der Waals surface area contributed by atoms with Crippen LogP contribution in [-0.2, 0) is 14.8 Å². The molecule has 1 aliphatic rings. The number of thiophene rings is 1. The molecule has 0 unspecified atom stereocenters. The Morgan fingerprint density at radius 1 is 1.39 bits per heavy atom. The Morgan fingerprint density at radius 3 is 2.64 bits per heavy atom. The molecule has 0 radical (unpaired) electrons. The lowest BCUT2D eigenvalue weighted by Crippen LogP contribution is -2.43. The van der Waals surface area contributed by atoms with E-state index in [1.54, 1.807) is 13.0 Å². The minimum Gasteiger partial charge on any atom is -0.356 e. The molecule has 1 aliphatic heterocycles. The highest BCUT2D eigenvalue weighted by atomic mass is 32.2. The number of aromatic nitrogens is 2. The van der Waals surface area contributed by atoms with Crippen LogP contribution in [0.15, 0.2) is 15.5 Å². The fourth-order valence-electron chi connectivity index (χ4n) is 3.22. The molecule has 2 aromatic heterocycles. The fourth-order valence-corrected chi connectivity index (χ4v) is 6.17. The van der Waals surface area contributed by atoms with Gasteiger partial charge in [-0.25, -0.2) is 8.42 Å². The molecule has 28 heavy (non-hydrogen) atoms. The molecule has 0 bridgehead atoms. The molecule has 1 amide bonds. The minimum absolute atomic E-state index is 0.00612. The van der Waals surface area contributed by atoms with E-state index in [1.807, 2.05) is 20.8 Å². The summed E-state index contributed by atoms with van der Waals surface area (Å²) in [5.41, 5.74) is 0. The number of amides is 1. The van der Waals surface area contributed by atoms with E-state index in [2.05, 4.69) is 15.5 Å². The highest BCUT2D eigenvalue weighted by Crippen LogP contribution is 2.35. The predicted molar refractivity (Wildman–Crippen MR) is 107 cm³/mol. The van der Waals surface area contributed by atoms with Crippen LogP contribution in [0.25, 0.3) is 10.7 Å². The average Bonchev–Trinajstić information content (AvgIpc) is 3.29. The van der Waals surface area contributed by atoms with E-state index >= 15 is 0 Å². The van der Waals surface area contributed by atoms with E-state index in [0.29, 0.717) is 53.9 Å². The lowest BCUT2D eigenvalue weighted by atomic mass is 9.97. The Bertz CT molecular complexity index is 941. The van der Waals surface area contributed by atoms with Crippen molar-refractivity contribution >= 4 is 27.3 Å². The highest BCUT2D eigenvalue weighted by Gasteiger charge is 2.34. The van der Waals surface area contributed by atoms with Gasteiger partial charge >= 0.3 is 0 Å². The summed E-state index contributed by atoms with van der Waals surface area (Å²) in [7, 11) is -3.62. The summed E-state index contributed by atoms with van der Waals surface area (Å²) >= 11 is 1.34. The van der Waals surface area contributed by atoms with Crippen LogP contribution in [0.4, 0.5) is 0 Å². The van der Waals surface area contributed by atoms with Crippen LogP contribution in [-0.4, -0.2) is 48.4 Å². The van der Waals surface area contributed by atoms with Crippen molar-refractivity contribution in [1.29, 1.82) is 0 Å². The number of sulfonamides is 1. The van der Waals surface area contributed by atoms with Crippen molar-refractivity contribution in [3.63, 3.8) is 0 Å². The maximum absolute atomic E-state index is 13.1. The molecule has 0 spiro atoms. The predicted octanol–water partition coefficient (Wildman–Crippen LogP) is 2.77. The molecule has 1 fully saturated rings. The Morgan fingerprint density at radius 2 is 2.07 bits per heavy atom. The van der Waals surface area contributed by atoms with Gasteiger partial charge in [0.1, 0.15) is 0 Å². The smallest absolute Gasteiger partial charge is 0.244 e. The van der Waals surface area contributed by atoms with Gasteiger partial charge in [-0.2, -0.15) is 9.29 Å². The van der Waals surface area contributed by atoms with Crippen LogP contribution >= 0.6 is 11.3 Å². The Hall–Kier alpha value is -1.78. The van der Waals surface area contributed by atoms with Gasteiger partial charge in [-0.05, 0) is 32.8 Å². The standard InChI is InChI=1S/C18H26N4O4S2/c1-5-19-17(23)13-6-8-22(9-7-13)28(24,25)15-10-14(27-12(15)4)16-20-18(11(2)3)26-21-16/h10-11,13H,5-9H2,1-4H3,(H,19,23). The van der Waals surface area contributed by atoms with Gasteiger partial charge in [0.25, 0.3) is 0 Å². The Kier molecular flexibility index (Phi) is 6.21. The van der Waals surface area contributed by atoms with Gasteiger partial charge in [0.05, 0.1) is 9.77 Å². The number of piperidine rings is 1. The zero-order valence-electron chi connectivity index (χ0n) is 16.6. The molecule has 3 rings (SSSR count). The molecule has 10 heteroatoms. The third-order valence-corrected chi connectivity index (χ3v) is 8.02. The van der Waals surface area contributed by atoms with Crippen LogP contribution in [0, 0.1) is 12.8 Å². The van der Waals surface area contributed by atoms with Gasteiger partial charge in [0.2, 0.25) is 27.6 Å². The van der Waals surface area contributed by atoms with E-state index in [0.717, 1.165) is 0 Å². The van der Waals surface area contributed by atoms with Crippen molar-refractivity contribution < 1.29 is 17.7 Å². The molecular weight excluding hydrogens is 400 g/mol. The topological polar surface area (TPSA) is 105 Å². The van der Waals surface area contributed by atoms with Crippen molar-refractivity contribution in [2.45, 2.75) is 51.3 Å². The summed E-state index contributed by atoms with van der Waals surface area (Å²) < 4.78 is 33.0. The van der Waals surface area contributed by atoms with Crippen LogP contribution < -0.4 is 5.32 Å². The number of nitrogens with one attached hydrogen (secondary N) is 1. The van der Waals surface area contributed by atoms with Crippen LogP contribution in [0.1, 0.15) is 50.3 Å². The second-order valence-corrected chi connectivity index (χ2v) is 10.4. The Labute approximate surface area is 169 Å². The normalized spacial score (nSPS) is 16.6. The molecular formula is C18H26N4O4S2. The van der Waals surface area contributed by atoms with Crippen LogP contribution in [0.2, 0.25) is 0 Å². The van der Waals surface area contributed by atoms with E-state index < -0.39 is 10.0 Å². The summed E-state index contributed by atoms with van der Waals surface area (Å²) in [4.78, 5) is 18.0. The van der Waals surface area contributed by atoms with E-state index in [9.17, 15) is 13.2 Å². The van der Waals surface area contributed by atoms with E-state index in [4.69, 9.17) is 4.52 Å². The van der Waals surface area contributed by atoms with Gasteiger partial charge in [0.15, 0.2) is 0 Å². The number of rotatable bonds is 6. The first kappa shape index (κ1) is 20.9. The zero-order valence-corrected chi connectivity index (χ0v) is 18.2. The lowest BCUT2D eigenvalue weighted by molar-refractivity contribution is -0.126. The molecule has 0 aliphatic carbocycles. The quantitative estimate of drug-likeness (QED) is 0.761. The van der Waals surface area contributed by atoms with Crippen molar-refractivity contribution in [2.24, 2.45) is 5.92 Å². The summed E-state index contributed by atoms with van der Waals surface area (Å²) in [5, 5.41) is 6.79. The SMILES string of the molecule is CCNC(=O)C1CCN(S(=O)(=O)c2cc(-c3noc(C(C)C)n3)sc2C)CC1. The number of carbonyl (C=O) groups is 1. The van der Waals surface area contributed by atoms with Crippen molar-refractivity contribution in [3.05, 3.63) is 16.8 Å². The highest BCUT2D eigenvalue weighted by molar-refractivity contribution is 7.89. The van der Waals surface area contributed by atoms with Crippen molar-refractivity contribution in [1.82, 2.24) is 19.8 Å². The number of nitrogens with zero attached hydrogens (tertiary/aromatic N) is 3. The summed E-state index contributed by atoms with van der Waals surface area (Å²) in [6.07, 6.45) is 1.06. The second kappa shape index (κ2) is 8.30.